The highest BCUT2D eigenvalue weighted by Crippen LogP contribution is 2.37. The first-order chi connectivity index (χ1) is 11.1. The summed E-state index contributed by atoms with van der Waals surface area (Å²) in [5.41, 5.74) is 4.57. The molecule has 1 aromatic rings. The number of piperidine rings is 1. The largest absolute Gasteiger partial charge is 0.366 e. The van der Waals surface area contributed by atoms with Crippen molar-refractivity contribution in [2.24, 2.45) is 5.10 Å². The lowest BCUT2D eigenvalue weighted by molar-refractivity contribution is -0.120. The molecule has 3 rings (SSSR count). The zero-order valence-corrected chi connectivity index (χ0v) is 13.9. The number of nitrogens with zero attached hydrogens (tertiary/aromatic N) is 2. The van der Waals surface area contributed by atoms with Crippen molar-refractivity contribution < 1.29 is 9.53 Å². The molecule has 0 aromatic heterocycles. The molecule has 2 saturated heterocycles. The average Bonchev–Trinajstić information content (AvgIpc) is 2.85. The van der Waals surface area contributed by atoms with Gasteiger partial charge in [-0.2, -0.15) is 5.10 Å². The summed E-state index contributed by atoms with van der Waals surface area (Å²) in [6, 6.07) is 9.71. The number of hydrogen-bond acceptors (Lipinski definition) is 4. The van der Waals surface area contributed by atoms with Crippen LogP contribution >= 0.6 is 0 Å². The fraction of sp³-hybridized carbons (Fsp3) is 0.556. The maximum absolute atomic E-state index is 12.0. The fourth-order valence-corrected chi connectivity index (χ4v) is 3.36. The smallest absolute Gasteiger partial charge is 0.244 e. The number of hydrazone groups is 1. The van der Waals surface area contributed by atoms with Crippen LogP contribution < -0.4 is 5.43 Å². The lowest BCUT2D eigenvalue weighted by Crippen LogP contribution is -2.42. The zero-order chi connectivity index (χ0) is 16.3. The SMILES string of the molecule is CC1OC2(CCN(C)CC2)C/C1=N\NC(=O)Cc1ccccc1. The van der Waals surface area contributed by atoms with Gasteiger partial charge in [0.05, 0.1) is 23.8 Å². The van der Waals surface area contributed by atoms with Gasteiger partial charge in [-0.25, -0.2) is 5.43 Å². The normalized spacial score (nSPS) is 25.8. The quantitative estimate of drug-likeness (QED) is 0.868. The van der Waals surface area contributed by atoms with E-state index < -0.39 is 0 Å². The number of carbonyl (C=O) groups excluding carboxylic acids is 1. The van der Waals surface area contributed by atoms with Gasteiger partial charge in [-0.3, -0.25) is 4.79 Å². The van der Waals surface area contributed by atoms with Crippen molar-refractivity contribution in [2.45, 2.75) is 44.3 Å². The maximum atomic E-state index is 12.0. The predicted octanol–water partition coefficient (Wildman–Crippen LogP) is 1.97. The third-order valence-electron chi connectivity index (χ3n) is 4.83. The van der Waals surface area contributed by atoms with Crippen LogP contribution in [0.5, 0.6) is 0 Å². The highest BCUT2D eigenvalue weighted by molar-refractivity contribution is 5.92. The Morgan fingerprint density at radius 2 is 2.04 bits per heavy atom. The van der Waals surface area contributed by atoms with Crippen LogP contribution in [0.15, 0.2) is 35.4 Å². The number of rotatable bonds is 3. The Morgan fingerprint density at radius 1 is 1.35 bits per heavy atom. The minimum absolute atomic E-state index is 0.0181. The Morgan fingerprint density at radius 3 is 2.74 bits per heavy atom. The molecule has 5 heteroatoms. The Balaban J connectivity index is 1.56. The summed E-state index contributed by atoms with van der Waals surface area (Å²) in [6.07, 6.45) is 3.22. The first kappa shape index (κ1) is 16.1. The van der Waals surface area contributed by atoms with Gasteiger partial charge in [0.25, 0.3) is 0 Å². The summed E-state index contributed by atoms with van der Waals surface area (Å²) in [7, 11) is 2.14. The van der Waals surface area contributed by atoms with Gasteiger partial charge in [0, 0.05) is 19.5 Å². The van der Waals surface area contributed by atoms with Gasteiger partial charge < -0.3 is 9.64 Å². The van der Waals surface area contributed by atoms with Crippen molar-refractivity contribution in [1.29, 1.82) is 0 Å². The van der Waals surface area contributed by atoms with Gasteiger partial charge in [0.1, 0.15) is 0 Å². The molecule has 1 N–H and O–H groups in total. The summed E-state index contributed by atoms with van der Waals surface area (Å²) in [5, 5.41) is 4.35. The van der Waals surface area contributed by atoms with Crippen LogP contribution in [0.25, 0.3) is 0 Å². The molecule has 0 aliphatic carbocycles. The number of ether oxygens (including phenoxy) is 1. The van der Waals surface area contributed by atoms with Gasteiger partial charge >= 0.3 is 0 Å². The molecule has 1 spiro atoms. The van der Waals surface area contributed by atoms with E-state index in [1.165, 1.54) is 0 Å². The maximum Gasteiger partial charge on any atom is 0.244 e. The van der Waals surface area contributed by atoms with Gasteiger partial charge in [0.2, 0.25) is 5.91 Å². The van der Waals surface area contributed by atoms with Crippen molar-refractivity contribution >= 4 is 11.6 Å². The highest BCUT2D eigenvalue weighted by atomic mass is 16.5. The molecule has 1 atom stereocenters. The summed E-state index contributed by atoms with van der Waals surface area (Å²) in [5.74, 6) is -0.0831. The lowest BCUT2D eigenvalue weighted by Gasteiger charge is -2.36. The van der Waals surface area contributed by atoms with Crippen molar-refractivity contribution in [3.8, 4) is 0 Å². The second kappa shape index (κ2) is 6.81. The topological polar surface area (TPSA) is 53.9 Å². The molecule has 124 valence electrons. The number of carbonyl (C=O) groups is 1. The molecule has 2 heterocycles. The van der Waals surface area contributed by atoms with Crippen molar-refractivity contribution in [3.63, 3.8) is 0 Å². The minimum atomic E-state index is -0.0831. The van der Waals surface area contributed by atoms with Crippen LogP contribution in [0, 0.1) is 0 Å². The molecule has 23 heavy (non-hydrogen) atoms. The fourth-order valence-electron chi connectivity index (χ4n) is 3.36. The highest BCUT2D eigenvalue weighted by Gasteiger charge is 2.44. The van der Waals surface area contributed by atoms with E-state index in [0.29, 0.717) is 6.42 Å². The zero-order valence-electron chi connectivity index (χ0n) is 13.9. The molecule has 2 aliphatic heterocycles. The predicted molar refractivity (Wildman–Crippen MR) is 90.3 cm³/mol. The molecule has 0 saturated carbocycles. The van der Waals surface area contributed by atoms with Crippen molar-refractivity contribution in [3.05, 3.63) is 35.9 Å². The number of hydrogen-bond donors (Lipinski definition) is 1. The number of likely N-dealkylation sites (tertiary alicyclic amines) is 1. The van der Waals surface area contributed by atoms with Crippen LogP contribution in [0.4, 0.5) is 0 Å². The number of amides is 1. The summed E-state index contributed by atoms with van der Waals surface area (Å²) >= 11 is 0. The van der Waals surface area contributed by atoms with E-state index in [9.17, 15) is 4.79 Å². The molecule has 1 unspecified atom stereocenters. The monoisotopic (exact) mass is 315 g/mol. The van der Waals surface area contributed by atoms with E-state index >= 15 is 0 Å². The molecule has 1 amide bonds. The Labute approximate surface area is 137 Å². The number of benzene rings is 1. The molecular formula is C18H25N3O2. The number of nitrogens with one attached hydrogen (secondary N) is 1. The van der Waals surface area contributed by atoms with Gasteiger partial charge in [-0.1, -0.05) is 30.3 Å². The molecular weight excluding hydrogens is 290 g/mol. The third-order valence-corrected chi connectivity index (χ3v) is 4.83. The first-order valence-electron chi connectivity index (χ1n) is 8.32. The lowest BCUT2D eigenvalue weighted by atomic mass is 9.88. The average molecular weight is 315 g/mol. The first-order valence-corrected chi connectivity index (χ1v) is 8.32. The molecule has 1 aromatic carbocycles. The van der Waals surface area contributed by atoms with Gasteiger partial charge in [-0.05, 0) is 32.4 Å². The summed E-state index contributed by atoms with van der Waals surface area (Å²) in [4.78, 5) is 14.4. The van der Waals surface area contributed by atoms with E-state index in [-0.39, 0.29) is 17.6 Å². The van der Waals surface area contributed by atoms with E-state index in [2.05, 4.69) is 22.5 Å². The van der Waals surface area contributed by atoms with Crippen molar-refractivity contribution in [1.82, 2.24) is 10.3 Å². The Bertz CT molecular complexity index is 577. The Hall–Kier alpha value is -1.72. The minimum Gasteiger partial charge on any atom is -0.366 e. The molecule has 0 bridgehead atoms. The summed E-state index contributed by atoms with van der Waals surface area (Å²) in [6.45, 7) is 4.13. The van der Waals surface area contributed by atoms with Crippen molar-refractivity contribution in [2.75, 3.05) is 20.1 Å². The van der Waals surface area contributed by atoms with Crippen LogP contribution in [0.2, 0.25) is 0 Å². The van der Waals surface area contributed by atoms with E-state index in [4.69, 9.17) is 4.74 Å². The van der Waals surface area contributed by atoms with Crippen LogP contribution in [-0.4, -0.2) is 48.4 Å². The standard InChI is InChI=1S/C18H25N3O2/c1-14-16(13-18(23-14)8-10-21(2)11-9-18)19-20-17(22)12-15-6-4-3-5-7-15/h3-7,14H,8-13H2,1-2H3,(H,20,22)/b19-16+. The molecule has 5 nitrogen and oxygen atoms in total. The Kier molecular flexibility index (Phi) is 4.78. The van der Waals surface area contributed by atoms with Crippen LogP contribution in [0.3, 0.4) is 0 Å². The van der Waals surface area contributed by atoms with E-state index in [1.54, 1.807) is 0 Å². The molecule has 0 radical (unpaired) electrons. The van der Waals surface area contributed by atoms with E-state index in [1.807, 2.05) is 37.3 Å². The van der Waals surface area contributed by atoms with Crippen LogP contribution in [0.1, 0.15) is 31.7 Å². The van der Waals surface area contributed by atoms with E-state index in [0.717, 1.165) is 43.6 Å². The summed E-state index contributed by atoms with van der Waals surface area (Å²) < 4.78 is 6.19. The van der Waals surface area contributed by atoms with Gasteiger partial charge in [0.15, 0.2) is 0 Å². The van der Waals surface area contributed by atoms with Gasteiger partial charge in [-0.15, -0.1) is 0 Å². The second-order valence-electron chi connectivity index (χ2n) is 6.72. The molecule has 2 aliphatic rings. The third kappa shape index (κ3) is 3.98. The van der Waals surface area contributed by atoms with Crippen LogP contribution in [-0.2, 0) is 16.0 Å². The second-order valence-corrected chi connectivity index (χ2v) is 6.72. The molecule has 2 fully saturated rings.